The predicted octanol–water partition coefficient (Wildman–Crippen LogP) is 4.41. The van der Waals surface area contributed by atoms with Gasteiger partial charge in [0.25, 0.3) is 0 Å². The highest BCUT2D eigenvalue weighted by Gasteiger charge is 2.26. The number of carbonyl (C=O) groups is 3. The molecule has 0 aliphatic carbocycles. The lowest BCUT2D eigenvalue weighted by Gasteiger charge is -2.26. The number of piperidine rings is 1. The zero-order valence-electron chi connectivity index (χ0n) is 16.1. The van der Waals surface area contributed by atoms with Crippen molar-refractivity contribution in [2.45, 2.75) is 46.0 Å². The van der Waals surface area contributed by atoms with E-state index in [1.807, 2.05) is 0 Å². The smallest absolute Gasteiger partial charge is 0.340 e. The van der Waals surface area contributed by atoms with E-state index in [1.165, 1.54) is 33.1 Å². The zero-order valence-corrected chi connectivity index (χ0v) is 22.6. The first-order valence-electron chi connectivity index (χ1n) is 9.29. The highest BCUT2D eigenvalue weighted by molar-refractivity contribution is 14.1. The molecule has 1 heterocycles. The lowest BCUT2D eigenvalue weighted by Crippen LogP contribution is -2.33. The fourth-order valence-electron chi connectivity index (χ4n) is 3.28. The van der Waals surface area contributed by atoms with Crippen molar-refractivity contribution >= 4 is 85.3 Å². The minimum absolute atomic E-state index is 0.0234. The van der Waals surface area contributed by atoms with Crippen LogP contribution in [0.1, 0.15) is 54.6 Å². The summed E-state index contributed by atoms with van der Waals surface area (Å²) in [6.07, 6.45) is 4.15. The van der Waals surface area contributed by atoms with Gasteiger partial charge >= 0.3 is 5.97 Å². The maximum absolute atomic E-state index is 12.9. The van der Waals surface area contributed by atoms with Crippen LogP contribution in [0.5, 0.6) is 0 Å². The molecule has 1 saturated heterocycles. The van der Waals surface area contributed by atoms with Gasteiger partial charge in [-0.05, 0) is 119 Å². The van der Waals surface area contributed by atoms with Crippen LogP contribution in [0, 0.1) is 10.7 Å². The number of hydrogen-bond acceptors (Lipinski definition) is 5. The number of esters is 1. The first kappa shape index (κ1) is 24.4. The third-order valence-electron chi connectivity index (χ3n) is 4.64. The Balaban J connectivity index is 2.28. The third kappa shape index (κ3) is 6.59. The number of rotatable bonds is 8. The van der Waals surface area contributed by atoms with Crippen molar-refractivity contribution in [3.63, 3.8) is 0 Å². The highest BCUT2D eigenvalue weighted by atomic mass is 127. The van der Waals surface area contributed by atoms with Crippen LogP contribution in [0.2, 0.25) is 0 Å². The van der Waals surface area contributed by atoms with Gasteiger partial charge in [-0.2, -0.15) is 0 Å². The molecule has 1 aromatic carbocycles. The minimum Gasteiger partial charge on any atom is -0.461 e. The Labute approximate surface area is 207 Å². The molecule has 2 rings (SSSR count). The number of benzene rings is 1. The van der Waals surface area contributed by atoms with Gasteiger partial charge < -0.3 is 4.74 Å². The van der Waals surface area contributed by atoms with Gasteiger partial charge in [-0.1, -0.05) is 6.42 Å². The Morgan fingerprint density at radius 1 is 0.857 bits per heavy atom. The Hall–Kier alpha value is 0.180. The number of ether oxygens (including phenoxy) is 1. The predicted molar refractivity (Wildman–Crippen MR) is 134 cm³/mol. The average molecular weight is 723 g/mol. The molecule has 1 aromatic rings. The Kier molecular flexibility index (Phi) is 10.1. The van der Waals surface area contributed by atoms with Crippen molar-refractivity contribution in [1.82, 2.24) is 4.90 Å². The van der Waals surface area contributed by atoms with E-state index in [0.29, 0.717) is 12.2 Å². The number of nitrogens with zero attached hydrogens (tertiary/aromatic N) is 1. The molecule has 0 N–H and O–H groups in total. The summed E-state index contributed by atoms with van der Waals surface area (Å²) in [6.45, 7) is 6.27. The third-order valence-corrected chi connectivity index (χ3v) is 8.33. The van der Waals surface area contributed by atoms with E-state index in [9.17, 15) is 14.4 Å². The summed E-state index contributed by atoms with van der Waals surface area (Å²) < 4.78 is 7.97. The summed E-state index contributed by atoms with van der Waals surface area (Å²) in [5.74, 6) is -0.331. The molecule has 154 valence electrons. The molecule has 0 atom stereocenters. The number of halogens is 3. The summed E-state index contributed by atoms with van der Waals surface area (Å²) in [4.78, 5) is 38.7. The number of hydrogen-bond donors (Lipinski definition) is 0. The first-order valence-corrected chi connectivity index (χ1v) is 12.5. The molecule has 1 fully saturated rings. The van der Waals surface area contributed by atoms with Gasteiger partial charge in [0.15, 0.2) is 0 Å². The Morgan fingerprint density at radius 2 is 1.36 bits per heavy atom. The van der Waals surface area contributed by atoms with Gasteiger partial charge in [-0.25, -0.2) is 4.79 Å². The second kappa shape index (κ2) is 11.5. The Morgan fingerprint density at radius 3 is 1.82 bits per heavy atom. The Bertz CT molecular complexity index is 730. The molecule has 0 saturated carbocycles. The minimum atomic E-state index is -0.378. The van der Waals surface area contributed by atoms with Crippen molar-refractivity contribution in [3.05, 3.63) is 27.4 Å². The molecule has 0 radical (unpaired) electrons. The van der Waals surface area contributed by atoms with Crippen LogP contribution in [-0.4, -0.2) is 48.7 Å². The van der Waals surface area contributed by atoms with Crippen LogP contribution in [-0.2, 0) is 27.2 Å². The maximum atomic E-state index is 12.9. The number of carbonyl (C=O) groups excluding carboxylic acids is 3. The van der Waals surface area contributed by atoms with Crippen molar-refractivity contribution in [2.75, 3.05) is 26.2 Å². The fraction of sp³-hybridized carbons (Fsp3) is 0.550. The molecule has 0 amide bonds. The zero-order chi connectivity index (χ0) is 20.8. The van der Waals surface area contributed by atoms with Gasteiger partial charge in [0.2, 0.25) is 0 Å². The van der Waals surface area contributed by atoms with Crippen molar-refractivity contribution in [1.29, 1.82) is 0 Å². The van der Waals surface area contributed by atoms with Gasteiger partial charge in [0, 0.05) is 30.1 Å². The summed E-state index contributed by atoms with van der Waals surface area (Å²) in [5.41, 5.74) is 2.11. The van der Waals surface area contributed by atoms with E-state index >= 15 is 0 Å². The van der Waals surface area contributed by atoms with Gasteiger partial charge in [-0.3, -0.25) is 14.5 Å². The molecule has 28 heavy (non-hydrogen) atoms. The van der Waals surface area contributed by atoms with E-state index in [4.69, 9.17) is 4.74 Å². The van der Waals surface area contributed by atoms with E-state index in [2.05, 4.69) is 72.7 Å². The topological polar surface area (TPSA) is 63.7 Å². The number of ketones is 2. The van der Waals surface area contributed by atoms with Crippen LogP contribution >= 0.6 is 67.8 Å². The molecule has 0 aromatic heterocycles. The van der Waals surface area contributed by atoms with Crippen LogP contribution in [0.25, 0.3) is 0 Å². The molecule has 1 aliphatic heterocycles. The summed E-state index contributed by atoms with van der Waals surface area (Å²) >= 11 is 6.44. The lowest BCUT2D eigenvalue weighted by atomic mass is 9.99. The molecule has 0 unspecified atom stereocenters. The largest absolute Gasteiger partial charge is 0.461 e. The second-order valence-electron chi connectivity index (χ2n) is 7.07. The summed E-state index contributed by atoms with van der Waals surface area (Å²) in [5, 5.41) is 0. The molecule has 0 spiro atoms. The molecular weight excluding hydrogens is 699 g/mol. The van der Waals surface area contributed by atoms with Crippen LogP contribution < -0.4 is 0 Å². The van der Waals surface area contributed by atoms with E-state index < -0.39 is 0 Å². The summed E-state index contributed by atoms with van der Waals surface area (Å²) in [6, 6.07) is 0. The van der Waals surface area contributed by atoms with Crippen molar-refractivity contribution in [2.24, 2.45) is 0 Å². The van der Waals surface area contributed by atoms with E-state index in [0.717, 1.165) is 41.5 Å². The van der Waals surface area contributed by atoms with Crippen molar-refractivity contribution in [3.8, 4) is 0 Å². The maximum Gasteiger partial charge on any atom is 0.340 e. The molecule has 0 bridgehead atoms. The first-order chi connectivity index (χ1) is 13.2. The highest BCUT2D eigenvalue weighted by Crippen LogP contribution is 2.33. The SMILES string of the molecule is CC(=O)Cc1c(I)c(CC(C)=O)c(I)c(C(=O)OCCN2CCCCC2)c1I. The summed E-state index contributed by atoms with van der Waals surface area (Å²) in [7, 11) is 0. The molecule has 5 nitrogen and oxygen atoms in total. The quantitative estimate of drug-likeness (QED) is 0.294. The van der Waals surface area contributed by atoms with Crippen LogP contribution in [0.3, 0.4) is 0 Å². The van der Waals surface area contributed by atoms with Gasteiger partial charge in [-0.15, -0.1) is 0 Å². The standard InChI is InChI=1S/C20H24I3NO4/c1-12(25)10-14-17(21)15(11-13(2)26)19(23)16(18(14)22)20(27)28-9-8-24-6-4-3-5-7-24/h3-11H2,1-2H3. The normalized spacial score (nSPS) is 14.8. The fourth-order valence-corrected chi connectivity index (χ4v) is 7.65. The molecule has 1 aliphatic rings. The second-order valence-corrected chi connectivity index (χ2v) is 10.3. The van der Waals surface area contributed by atoms with Crippen LogP contribution in [0.4, 0.5) is 0 Å². The van der Waals surface area contributed by atoms with Gasteiger partial charge in [0.1, 0.15) is 18.2 Å². The number of Topliss-reactive ketones (excluding diaryl/α,β-unsaturated/α-hetero) is 2. The monoisotopic (exact) mass is 723 g/mol. The molecular formula is C20H24I3NO4. The van der Waals surface area contributed by atoms with E-state index in [1.54, 1.807) is 0 Å². The van der Waals surface area contributed by atoms with E-state index in [-0.39, 0.29) is 30.4 Å². The van der Waals surface area contributed by atoms with Gasteiger partial charge in [0.05, 0.1) is 5.56 Å². The van der Waals surface area contributed by atoms with Crippen molar-refractivity contribution < 1.29 is 19.1 Å². The van der Waals surface area contributed by atoms with Crippen LogP contribution in [0.15, 0.2) is 0 Å². The lowest BCUT2D eigenvalue weighted by molar-refractivity contribution is -0.117. The number of likely N-dealkylation sites (tertiary alicyclic amines) is 1. The molecule has 8 heteroatoms. The average Bonchev–Trinajstić information content (AvgIpc) is 2.63.